The molecule has 0 aliphatic heterocycles. The summed E-state index contributed by atoms with van der Waals surface area (Å²) in [6.45, 7) is 4.58. The van der Waals surface area contributed by atoms with E-state index >= 15 is 0 Å². The van der Waals surface area contributed by atoms with Crippen molar-refractivity contribution in [3.05, 3.63) is 29.1 Å². The van der Waals surface area contributed by atoms with Gasteiger partial charge in [0, 0.05) is 23.8 Å². The van der Waals surface area contributed by atoms with Gasteiger partial charge >= 0.3 is 0 Å². The van der Waals surface area contributed by atoms with Crippen LogP contribution in [0.15, 0.2) is 12.1 Å². The molecule has 0 bridgehead atoms. The van der Waals surface area contributed by atoms with E-state index in [0.717, 1.165) is 23.7 Å². The molecule has 2 aliphatic carbocycles. The first-order chi connectivity index (χ1) is 9.06. The predicted molar refractivity (Wildman–Crippen MR) is 74.9 cm³/mol. The molecule has 3 heteroatoms. The lowest BCUT2D eigenvalue weighted by atomic mass is 10.0. The molecule has 2 saturated carbocycles. The van der Waals surface area contributed by atoms with Gasteiger partial charge in [0.05, 0.1) is 6.10 Å². The number of benzene rings is 1. The minimum atomic E-state index is -0.620. The summed E-state index contributed by atoms with van der Waals surface area (Å²) in [6, 6.07) is 4.03. The zero-order valence-electron chi connectivity index (χ0n) is 11.7. The van der Waals surface area contributed by atoms with Crippen LogP contribution >= 0.6 is 0 Å². The summed E-state index contributed by atoms with van der Waals surface area (Å²) in [5, 5.41) is 9.93. The molecule has 0 radical (unpaired) electrons. The Bertz CT molecular complexity index is 478. The molecule has 0 amide bonds. The first-order valence-electron chi connectivity index (χ1n) is 7.31. The molecule has 1 aromatic rings. The fourth-order valence-corrected chi connectivity index (χ4v) is 2.67. The van der Waals surface area contributed by atoms with Crippen LogP contribution in [0.1, 0.15) is 49.8 Å². The van der Waals surface area contributed by atoms with Crippen LogP contribution in [0.3, 0.4) is 0 Å². The first-order valence-corrected chi connectivity index (χ1v) is 7.31. The molecule has 2 fully saturated rings. The quantitative estimate of drug-likeness (QED) is 0.878. The number of anilines is 1. The van der Waals surface area contributed by atoms with Gasteiger partial charge in [0.25, 0.3) is 0 Å². The van der Waals surface area contributed by atoms with Crippen LogP contribution in [0.5, 0.6) is 0 Å². The topological polar surface area (TPSA) is 23.5 Å². The van der Waals surface area contributed by atoms with Crippen molar-refractivity contribution in [1.82, 2.24) is 0 Å². The van der Waals surface area contributed by atoms with Crippen molar-refractivity contribution in [2.24, 2.45) is 5.92 Å². The second kappa shape index (κ2) is 4.78. The Kier molecular flexibility index (Phi) is 3.25. The van der Waals surface area contributed by atoms with Gasteiger partial charge in [-0.3, -0.25) is 0 Å². The Morgan fingerprint density at radius 3 is 2.53 bits per heavy atom. The summed E-state index contributed by atoms with van der Waals surface area (Å²) in [7, 11) is 0. The highest BCUT2D eigenvalue weighted by Gasteiger charge is 2.35. The predicted octanol–water partition coefficient (Wildman–Crippen LogP) is 3.57. The number of nitrogens with zero attached hydrogens (tertiary/aromatic N) is 1. The number of hydrogen-bond donors (Lipinski definition) is 1. The highest BCUT2D eigenvalue weighted by molar-refractivity contribution is 5.58. The van der Waals surface area contributed by atoms with Crippen LogP contribution < -0.4 is 4.90 Å². The number of aliphatic hydroxyl groups is 1. The fraction of sp³-hybridized carbons (Fsp3) is 0.625. The van der Waals surface area contributed by atoms with Crippen molar-refractivity contribution < 1.29 is 9.50 Å². The van der Waals surface area contributed by atoms with Crippen molar-refractivity contribution >= 4 is 5.69 Å². The van der Waals surface area contributed by atoms with Gasteiger partial charge in [-0.25, -0.2) is 4.39 Å². The van der Waals surface area contributed by atoms with Gasteiger partial charge < -0.3 is 10.0 Å². The molecule has 0 aromatic heterocycles. The summed E-state index contributed by atoms with van der Waals surface area (Å²) in [5.41, 5.74) is 2.44. The number of aryl methyl sites for hydroxylation is 1. The van der Waals surface area contributed by atoms with Gasteiger partial charge in [0.15, 0.2) is 0 Å². The van der Waals surface area contributed by atoms with E-state index in [1.807, 2.05) is 6.07 Å². The van der Waals surface area contributed by atoms with Crippen LogP contribution in [0, 0.1) is 18.7 Å². The zero-order chi connectivity index (χ0) is 13.6. The van der Waals surface area contributed by atoms with E-state index in [2.05, 4.69) is 4.90 Å². The average molecular weight is 263 g/mol. The van der Waals surface area contributed by atoms with Gasteiger partial charge in [-0.2, -0.15) is 0 Å². The summed E-state index contributed by atoms with van der Waals surface area (Å²) >= 11 is 0. The lowest BCUT2D eigenvalue weighted by Crippen LogP contribution is -2.29. The van der Waals surface area contributed by atoms with Crippen LogP contribution in [0.25, 0.3) is 0 Å². The standard InChI is InChI=1S/C16H22FNO/c1-10-7-16(14(11(2)19)8-15(10)17)18(13-5-6-13)9-12-3-4-12/h7-8,11-13,19H,3-6,9H2,1-2H3. The second-order valence-corrected chi connectivity index (χ2v) is 6.16. The van der Waals surface area contributed by atoms with Crippen LogP contribution in [-0.4, -0.2) is 17.7 Å². The molecule has 1 unspecified atom stereocenters. The van der Waals surface area contributed by atoms with Crippen molar-refractivity contribution in [1.29, 1.82) is 0 Å². The summed E-state index contributed by atoms with van der Waals surface area (Å²) in [6.07, 6.45) is 4.46. The normalized spacial score (nSPS) is 20.4. The lowest BCUT2D eigenvalue weighted by Gasteiger charge is -2.28. The molecule has 104 valence electrons. The van der Waals surface area contributed by atoms with Crippen LogP contribution in [-0.2, 0) is 0 Å². The maximum absolute atomic E-state index is 13.7. The molecule has 3 rings (SSSR count). The number of aliphatic hydroxyl groups excluding tert-OH is 1. The zero-order valence-corrected chi connectivity index (χ0v) is 11.7. The van der Waals surface area contributed by atoms with Gasteiger partial charge in [-0.1, -0.05) is 0 Å². The van der Waals surface area contributed by atoms with Crippen molar-refractivity contribution in [2.45, 2.75) is 51.7 Å². The van der Waals surface area contributed by atoms with E-state index in [1.54, 1.807) is 13.8 Å². The fourth-order valence-electron chi connectivity index (χ4n) is 2.67. The summed E-state index contributed by atoms with van der Waals surface area (Å²) < 4.78 is 13.7. The maximum Gasteiger partial charge on any atom is 0.126 e. The van der Waals surface area contributed by atoms with E-state index in [9.17, 15) is 9.50 Å². The molecule has 0 saturated heterocycles. The first kappa shape index (κ1) is 12.9. The third-order valence-corrected chi connectivity index (χ3v) is 4.21. The SMILES string of the molecule is Cc1cc(N(CC2CC2)C2CC2)c(C(C)O)cc1F. The van der Waals surface area contributed by atoms with E-state index in [-0.39, 0.29) is 5.82 Å². The minimum absolute atomic E-state index is 0.221. The Balaban J connectivity index is 1.97. The largest absolute Gasteiger partial charge is 0.389 e. The van der Waals surface area contributed by atoms with Crippen molar-refractivity contribution in [2.75, 3.05) is 11.4 Å². The minimum Gasteiger partial charge on any atom is -0.389 e. The Morgan fingerprint density at radius 1 is 1.32 bits per heavy atom. The second-order valence-electron chi connectivity index (χ2n) is 6.16. The molecule has 0 spiro atoms. The van der Waals surface area contributed by atoms with E-state index in [1.165, 1.54) is 31.7 Å². The van der Waals surface area contributed by atoms with Gasteiger partial charge in [-0.05, 0) is 63.1 Å². The Labute approximate surface area is 114 Å². The lowest BCUT2D eigenvalue weighted by molar-refractivity contribution is 0.199. The monoisotopic (exact) mass is 263 g/mol. The highest BCUT2D eigenvalue weighted by Crippen LogP contribution is 2.40. The number of hydrogen-bond acceptors (Lipinski definition) is 2. The van der Waals surface area contributed by atoms with Crippen LogP contribution in [0.2, 0.25) is 0 Å². The van der Waals surface area contributed by atoms with Crippen molar-refractivity contribution in [3.8, 4) is 0 Å². The third-order valence-electron chi connectivity index (χ3n) is 4.21. The average Bonchev–Trinajstić information content (AvgIpc) is 3.23. The molecule has 2 nitrogen and oxygen atoms in total. The number of halogens is 1. The molecule has 19 heavy (non-hydrogen) atoms. The molecular formula is C16H22FNO. The van der Waals surface area contributed by atoms with E-state index < -0.39 is 6.10 Å². The summed E-state index contributed by atoms with van der Waals surface area (Å²) in [5.74, 6) is 0.578. The molecule has 0 heterocycles. The molecule has 1 N–H and O–H groups in total. The smallest absolute Gasteiger partial charge is 0.126 e. The van der Waals surface area contributed by atoms with Gasteiger partial charge in [0.2, 0.25) is 0 Å². The van der Waals surface area contributed by atoms with E-state index in [4.69, 9.17) is 0 Å². The van der Waals surface area contributed by atoms with Crippen molar-refractivity contribution in [3.63, 3.8) is 0 Å². The van der Waals surface area contributed by atoms with E-state index in [0.29, 0.717) is 11.6 Å². The highest BCUT2D eigenvalue weighted by atomic mass is 19.1. The Hall–Kier alpha value is -1.09. The van der Waals surface area contributed by atoms with Gasteiger partial charge in [0.1, 0.15) is 5.82 Å². The molecular weight excluding hydrogens is 241 g/mol. The maximum atomic E-state index is 13.7. The van der Waals surface area contributed by atoms with Gasteiger partial charge in [-0.15, -0.1) is 0 Å². The number of rotatable bonds is 5. The summed E-state index contributed by atoms with van der Waals surface area (Å²) in [4.78, 5) is 2.41. The van der Waals surface area contributed by atoms with Crippen LogP contribution in [0.4, 0.5) is 10.1 Å². The molecule has 2 aliphatic rings. The third kappa shape index (κ3) is 2.76. The Morgan fingerprint density at radius 2 is 2.00 bits per heavy atom. The molecule has 1 aromatic carbocycles. The molecule has 1 atom stereocenters.